The van der Waals surface area contributed by atoms with Gasteiger partial charge in [-0.15, -0.1) is 0 Å². The van der Waals surface area contributed by atoms with Gasteiger partial charge in [0.1, 0.15) is 5.75 Å². The van der Waals surface area contributed by atoms with Crippen LogP contribution in [0, 0.1) is 0 Å². The molecule has 0 radical (unpaired) electrons. The van der Waals surface area contributed by atoms with Gasteiger partial charge in [-0.05, 0) is 19.2 Å². The van der Waals surface area contributed by atoms with Crippen molar-refractivity contribution in [1.82, 2.24) is 10.2 Å². The number of benzene rings is 1. The smallest absolute Gasteiger partial charge is 0.124 e. The van der Waals surface area contributed by atoms with Crippen molar-refractivity contribution in [2.45, 2.75) is 6.04 Å². The first-order chi connectivity index (χ1) is 7.74. The monoisotopic (exact) mass is 284 g/mol. The zero-order chi connectivity index (χ0) is 11.5. The van der Waals surface area contributed by atoms with Crippen LogP contribution in [-0.4, -0.2) is 38.7 Å². The SMILES string of the molecule is COc1cccc(Br)c1C1CNCCN1C. The number of piperazine rings is 1. The first kappa shape index (κ1) is 11.9. The van der Waals surface area contributed by atoms with Crippen LogP contribution in [-0.2, 0) is 0 Å². The number of nitrogens with zero attached hydrogens (tertiary/aromatic N) is 1. The van der Waals surface area contributed by atoms with Crippen molar-refractivity contribution in [3.8, 4) is 5.75 Å². The first-order valence-electron chi connectivity index (χ1n) is 5.47. The molecule has 1 aliphatic rings. The molecule has 1 aliphatic heterocycles. The van der Waals surface area contributed by atoms with Crippen molar-refractivity contribution < 1.29 is 4.74 Å². The van der Waals surface area contributed by atoms with Gasteiger partial charge in [-0.2, -0.15) is 0 Å². The van der Waals surface area contributed by atoms with Crippen LogP contribution in [0.5, 0.6) is 5.75 Å². The molecule has 1 aromatic carbocycles. The molecule has 4 heteroatoms. The van der Waals surface area contributed by atoms with E-state index in [-0.39, 0.29) is 0 Å². The molecule has 1 unspecified atom stereocenters. The maximum atomic E-state index is 5.44. The highest BCUT2D eigenvalue weighted by atomic mass is 79.9. The molecule has 0 aliphatic carbocycles. The maximum absolute atomic E-state index is 5.44. The molecule has 0 amide bonds. The fourth-order valence-electron chi connectivity index (χ4n) is 2.15. The van der Waals surface area contributed by atoms with Gasteiger partial charge in [-0.25, -0.2) is 0 Å². The number of hydrogen-bond donors (Lipinski definition) is 1. The van der Waals surface area contributed by atoms with Crippen LogP contribution < -0.4 is 10.1 Å². The Morgan fingerprint density at radius 2 is 2.31 bits per heavy atom. The lowest BCUT2D eigenvalue weighted by atomic mass is 10.0. The zero-order valence-corrected chi connectivity index (χ0v) is 11.3. The fourth-order valence-corrected chi connectivity index (χ4v) is 2.76. The minimum Gasteiger partial charge on any atom is -0.496 e. The highest BCUT2D eigenvalue weighted by Crippen LogP contribution is 2.35. The van der Waals surface area contributed by atoms with Gasteiger partial charge in [0, 0.05) is 29.7 Å². The highest BCUT2D eigenvalue weighted by Gasteiger charge is 2.25. The molecule has 0 saturated carbocycles. The third kappa shape index (κ3) is 2.24. The summed E-state index contributed by atoms with van der Waals surface area (Å²) in [5.41, 5.74) is 1.24. The van der Waals surface area contributed by atoms with E-state index in [1.54, 1.807) is 7.11 Å². The molecule has 0 bridgehead atoms. The Balaban J connectivity index is 2.37. The Morgan fingerprint density at radius 3 is 3.00 bits per heavy atom. The summed E-state index contributed by atoms with van der Waals surface area (Å²) in [7, 11) is 3.88. The molecule has 1 saturated heterocycles. The Bertz CT molecular complexity index is 370. The second-order valence-corrected chi connectivity index (χ2v) is 4.91. The van der Waals surface area contributed by atoms with Crippen LogP contribution in [0.1, 0.15) is 11.6 Å². The lowest BCUT2D eigenvalue weighted by molar-refractivity contribution is 0.197. The lowest BCUT2D eigenvalue weighted by Gasteiger charge is -2.34. The van der Waals surface area contributed by atoms with Gasteiger partial charge in [0.25, 0.3) is 0 Å². The third-order valence-electron chi connectivity index (χ3n) is 3.08. The van der Waals surface area contributed by atoms with Crippen molar-refractivity contribution in [2.24, 2.45) is 0 Å². The molecular weight excluding hydrogens is 268 g/mol. The van der Waals surface area contributed by atoms with Crippen molar-refractivity contribution in [3.63, 3.8) is 0 Å². The third-order valence-corrected chi connectivity index (χ3v) is 3.77. The molecule has 1 atom stereocenters. The molecule has 0 aromatic heterocycles. The summed E-state index contributed by atoms with van der Waals surface area (Å²) in [5, 5.41) is 3.42. The molecular formula is C12H17BrN2O. The van der Waals surface area contributed by atoms with Crippen LogP contribution in [0.25, 0.3) is 0 Å². The van der Waals surface area contributed by atoms with Gasteiger partial charge in [0.15, 0.2) is 0 Å². The van der Waals surface area contributed by atoms with E-state index in [4.69, 9.17) is 4.74 Å². The summed E-state index contributed by atoms with van der Waals surface area (Å²) >= 11 is 3.62. The number of rotatable bonds is 2. The van der Waals surface area contributed by atoms with Crippen LogP contribution in [0.15, 0.2) is 22.7 Å². The summed E-state index contributed by atoms with van der Waals surface area (Å²) in [6, 6.07) is 6.46. The molecule has 88 valence electrons. The largest absolute Gasteiger partial charge is 0.496 e. The molecule has 1 aromatic rings. The van der Waals surface area contributed by atoms with Crippen LogP contribution in [0.2, 0.25) is 0 Å². The second-order valence-electron chi connectivity index (χ2n) is 4.06. The molecule has 16 heavy (non-hydrogen) atoms. The van der Waals surface area contributed by atoms with Crippen LogP contribution in [0.3, 0.4) is 0 Å². The summed E-state index contributed by atoms with van der Waals surface area (Å²) in [6.07, 6.45) is 0. The molecule has 1 fully saturated rings. The number of hydrogen-bond acceptors (Lipinski definition) is 3. The quantitative estimate of drug-likeness (QED) is 0.900. The first-order valence-corrected chi connectivity index (χ1v) is 6.26. The van der Waals surface area contributed by atoms with Crippen molar-refractivity contribution in [1.29, 1.82) is 0 Å². The number of methoxy groups -OCH3 is 1. The second kappa shape index (κ2) is 5.17. The van der Waals surface area contributed by atoms with E-state index in [2.05, 4.69) is 39.3 Å². The number of halogens is 1. The molecule has 3 nitrogen and oxygen atoms in total. The van der Waals surface area contributed by atoms with Crippen LogP contribution in [0.4, 0.5) is 0 Å². The van der Waals surface area contributed by atoms with Gasteiger partial charge in [0.05, 0.1) is 13.2 Å². The number of ether oxygens (including phenoxy) is 1. The Morgan fingerprint density at radius 1 is 1.50 bits per heavy atom. The summed E-state index contributed by atoms with van der Waals surface area (Å²) in [6.45, 7) is 3.09. The Kier molecular flexibility index (Phi) is 3.84. The molecule has 1 N–H and O–H groups in total. The predicted molar refractivity (Wildman–Crippen MR) is 68.9 cm³/mol. The highest BCUT2D eigenvalue weighted by molar-refractivity contribution is 9.10. The average Bonchev–Trinajstić information content (AvgIpc) is 2.30. The van der Waals surface area contributed by atoms with Gasteiger partial charge in [0.2, 0.25) is 0 Å². The molecule has 2 rings (SSSR count). The lowest BCUT2D eigenvalue weighted by Crippen LogP contribution is -2.44. The Labute approximate surface area is 105 Å². The summed E-state index contributed by atoms with van der Waals surface area (Å²) in [5.74, 6) is 0.954. The van der Waals surface area contributed by atoms with Gasteiger partial charge >= 0.3 is 0 Å². The van der Waals surface area contributed by atoms with E-state index in [0.717, 1.165) is 29.9 Å². The van der Waals surface area contributed by atoms with Crippen LogP contribution >= 0.6 is 15.9 Å². The van der Waals surface area contributed by atoms with Gasteiger partial charge in [-0.1, -0.05) is 22.0 Å². The van der Waals surface area contributed by atoms with Crippen molar-refractivity contribution in [2.75, 3.05) is 33.8 Å². The summed E-state index contributed by atoms with van der Waals surface area (Å²) < 4.78 is 6.56. The minimum atomic E-state index is 0.374. The fraction of sp³-hybridized carbons (Fsp3) is 0.500. The van der Waals surface area contributed by atoms with E-state index in [0.29, 0.717) is 6.04 Å². The number of likely N-dealkylation sites (N-methyl/N-ethyl adjacent to an activating group) is 1. The van der Waals surface area contributed by atoms with E-state index in [9.17, 15) is 0 Å². The normalized spacial score (nSPS) is 22.1. The Hall–Kier alpha value is -0.580. The minimum absolute atomic E-state index is 0.374. The molecule has 1 heterocycles. The standard InChI is InChI=1S/C12H17BrN2O/c1-15-7-6-14-8-10(15)12-9(13)4-3-5-11(12)16-2/h3-5,10,14H,6-8H2,1-2H3. The van der Waals surface area contributed by atoms with E-state index >= 15 is 0 Å². The zero-order valence-electron chi connectivity index (χ0n) is 9.66. The van der Waals surface area contributed by atoms with Crippen molar-refractivity contribution in [3.05, 3.63) is 28.2 Å². The van der Waals surface area contributed by atoms with E-state index in [1.165, 1.54) is 5.56 Å². The van der Waals surface area contributed by atoms with Crippen molar-refractivity contribution >= 4 is 15.9 Å². The topological polar surface area (TPSA) is 24.5 Å². The number of nitrogens with one attached hydrogen (secondary N) is 1. The maximum Gasteiger partial charge on any atom is 0.124 e. The van der Waals surface area contributed by atoms with Gasteiger partial charge < -0.3 is 10.1 Å². The van der Waals surface area contributed by atoms with Gasteiger partial charge in [-0.3, -0.25) is 4.90 Å². The molecule has 0 spiro atoms. The van der Waals surface area contributed by atoms with E-state index < -0.39 is 0 Å². The van der Waals surface area contributed by atoms with E-state index in [1.807, 2.05) is 12.1 Å². The summed E-state index contributed by atoms with van der Waals surface area (Å²) in [4.78, 5) is 2.36. The predicted octanol–water partition coefficient (Wildman–Crippen LogP) is 2.03. The average molecular weight is 285 g/mol.